The van der Waals surface area contributed by atoms with Crippen LogP contribution in [0.2, 0.25) is 5.02 Å². The highest BCUT2D eigenvalue weighted by atomic mass is 35.5. The van der Waals surface area contributed by atoms with Crippen molar-refractivity contribution in [3.63, 3.8) is 0 Å². The van der Waals surface area contributed by atoms with E-state index in [2.05, 4.69) is 0 Å². The Labute approximate surface area is 113 Å². The van der Waals surface area contributed by atoms with Gasteiger partial charge >= 0.3 is 0 Å². The zero-order valence-electron chi connectivity index (χ0n) is 9.58. The number of ether oxygens (including phenoxy) is 1. The molecule has 98 valence electrons. The summed E-state index contributed by atoms with van der Waals surface area (Å²) in [6.07, 6.45) is 0. The van der Waals surface area contributed by atoms with Gasteiger partial charge in [-0.1, -0.05) is 11.6 Å². The minimum Gasteiger partial charge on any atom is -0.457 e. The summed E-state index contributed by atoms with van der Waals surface area (Å²) >= 11 is 5.90. The van der Waals surface area contributed by atoms with Crippen molar-refractivity contribution in [1.29, 1.82) is 5.41 Å². The maximum Gasteiger partial charge on any atom is 0.133 e. The van der Waals surface area contributed by atoms with Crippen molar-refractivity contribution < 1.29 is 13.5 Å². The Bertz CT molecular complexity index is 626. The van der Waals surface area contributed by atoms with Gasteiger partial charge in [-0.25, -0.2) is 8.78 Å². The van der Waals surface area contributed by atoms with Gasteiger partial charge in [-0.15, -0.1) is 0 Å². The second-order valence-corrected chi connectivity index (χ2v) is 4.17. The lowest BCUT2D eigenvalue weighted by Crippen LogP contribution is -2.11. The van der Waals surface area contributed by atoms with Crippen LogP contribution in [0.1, 0.15) is 5.56 Å². The Balaban J connectivity index is 2.28. The molecule has 0 radical (unpaired) electrons. The van der Waals surface area contributed by atoms with Gasteiger partial charge in [0, 0.05) is 29.8 Å². The van der Waals surface area contributed by atoms with Crippen molar-refractivity contribution in [2.45, 2.75) is 0 Å². The summed E-state index contributed by atoms with van der Waals surface area (Å²) in [5.41, 5.74) is 5.68. The Morgan fingerprint density at radius 1 is 1.05 bits per heavy atom. The van der Waals surface area contributed by atoms with Gasteiger partial charge in [-0.2, -0.15) is 0 Å². The van der Waals surface area contributed by atoms with Crippen molar-refractivity contribution >= 4 is 17.4 Å². The number of benzene rings is 2. The van der Waals surface area contributed by atoms with Crippen molar-refractivity contribution in [1.82, 2.24) is 0 Å². The van der Waals surface area contributed by atoms with Crippen LogP contribution in [0.15, 0.2) is 36.4 Å². The Kier molecular flexibility index (Phi) is 3.66. The molecule has 0 unspecified atom stereocenters. The summed E-state index contributed by atoms with van der Waals surface area (Å²) < 4.78 is 31.3. The molecule has 19 heavy (non-hydrogen) atoms. The third kappa shape index (κ3) is 3.20. The van der Waals surface area contributed by atoms with Crippen LogP contribution in [0, 0.1) is 17.0 Å². The molecule has 0 spiro atoms. The Hall–Kier alpha value is -2.14. The maximum atomic E-state index is 13.0. The number of halogens is 3. The SMILES string of the molecule is N=C(N)c1ccc(Oc2cc(F)cc(F)c2)cc1Cl. The van der Waals surface area contributed by atoms with E-state index in [1.807, 2.05) is 0 Å². The second kappa shape index (κ2) is 5.24. The number of hydrogen-bond donors (Lipinski definition) is 2. The average Bonchev–Trinajstić information content (AvgIpc) is 2.26. The molecule has 0 bridgehead atoms. The van der Waals surface area contributed by atoms with E-state index in [4.69, 9.17) is 27.5 Å². The summed E-state index contributed by atoms with van der Waals surface area (Å²) in [6, 6.07) is 7.27. The summed E-state index contributed by atoms with van der Waals surface area (Å²) in [6.45, 7) is 0. The molecule has 0 aliphatic rings. The van der Waals surface area contributed by atoms with Crippen molar-refractivity contribution in [3.05, 3.63) is 58.6 Å². The monoisotopic (exact) mass is 282 g/mol. The van der Waals surface area contributed by atoms with Gasteiger partial charge in [0.15, 0.2) is 0 Å². The van der Waals surface area contributed by atoms with E-state index < -0.39 is 11.6 Å². The first-order chi connectivity index (χ1) is 8.95. The van der Waals surface area contributed by atoms with Crippen LogP contribution in [-0.4, -0.2) is 5.84 Å². The molecule has 0 fully saturated rings. The molecule has 0 saturated heterocycles. The molecule has 0 aliphatic carbocycles. The van der Waals surface area contributed by atoms with Crippen LogP contribution >= 0.6 is 11.6 Å². The largest absolute Gasteiger partial charge is 0.457 e. The minimum atomic E-state index is -0.735. The molecule has 0 aliphatic heterocycles. The summed E-state index contributed by atoms with van der Waals surface area (Å²) in [5.74, 6) is -1.33. The number of amidine groups is 1. The quantitative estimate of drug-likeness (QED) is 0.666. The third-order valence-corrected chi connectivity index (χ3v) is 2.62. The fraction of sp³-hybridized carbons (Fsp3) is 0. The highest BCUT2D eigenvalue weighted by molar-refractivity contribution is 6.34. The van der Waals surface area contributed by atoms with Gasteiger partial charge in [0.25, 0.3) is 0 Å². The zero-order valence-corrected chi connectivity index (χ0v) is 10.3. The fourth-order valence-electron chi connectivity index (χ4n) is 1.50. The molecule has 3 nitrogen and oxygen atoms in total. The van der Waals surface area contributed by atoms with Gasteiger partial charge in [0.05, 0.1) is 5.02 Å². The number of hydrogen-bond acceptors (Lipinski definition) is 2. The lowest BCUT2D eigenvalue weighted by molar-refractivity contribution is 0.468. The second-order valence-electron chi connectivity index (χ2n) is 3.76. The molecule has 3 N–H and O–H groups in total. The standard InChI is InChI=1S/C13H9ClF2N2O/c14-12-6-9(1-2-11(12)13(17)18)19-10-4-7(15)3-8(16)5-10/h1-6H,(H3,17,18). The molecule has 6 heteroatoms. The van der Waals surface area contributed by atoms with Crippen LogP contribution in [0.5, 0.6) is 11.5 Å². The van der Waals surface area contributed by atoms with E-state index >= 15 is 0 Å². The summed E-state index contributed by atoms with van der Waals surface area (Å²) in [4.78, 5) is 0. The first-order valence-corrected chi connectivity index (χ1v) is 5.61. The smallest absolute Gasteiger partial charge is 0.133 e. The molecule has 0 saturated carbocycles. The molecular weight excluding hydrogens is 274 g/mol. The van der Waals surface area contributed by atoms with Crippen LogP contribution in [-0.2, 0) is 0 Å². The van der Waals surface area contributed by atoms with Crippen molar-refractivity contribution in [2.75, 3.05) is 0 Å². The van der Waals surface area contributed by atoms with Crippen LogP contribution in [0.4, 0.5) is 8.78 Å². The predicted molar refractivity (Wildman–Crippen MR) is 68.9 cm³/mol. The normalized spacial score (nSPS) is 10.3. The molecule has 0 heterocycles. The highest BCUT2D eigenvalue weighted by Gasteiger charge is 2.07. The lowest BCUT2D eigenvalue weighted by Gasteiger charge is -2.08. The Morgan fingerprint density at radius 2 is 1.68 bits per heavy atom. The first-order valence-electron chi connectivity index (χ1n) is 5.23. The van der Waals surface area contributed by atoms with E-state index in [0.29, 0.717) is 11.3 Å². The predicted octanol–water partition coefficient (Wildman–Crippen LogP) is 3.69. The lowest BCUT2D eigenvalue weighted by atomic mass is 10.2. The topological polar surface area (TPSA) is 59.1 Å². The third-order valence-electron chi connectivity index (χ3n) is 2.30. The molecule has 0 amide bonds. The average molecular weight is 283 g/mol. The minimum absolute atomic E-state index is 0.0177. The molecule has 0 atom stereocenters. The Morgan fingerprint density at radius 3 is 2.21 bits per heavy atom. The fourth-order valence-corrected chi connectivity index (χ4v) is 1.77. The van der Waals surface area contributed by atoms with E-state index in [0.717, 1.165) is 18.2 Å². The van der Waals surface area contributed by atoms with E-state index in [-0.39, 0.29) is 16.6 Å². The first kappa shape index (κ1) is 13.3. The maximum absolute atomic E-state index is 13.0. The van der Waals surface area contributed by atoms with Crippen LogP contribution < -0.4 is 10.5 Å². The summed E-state index contributed by atoms with van der Waals surface area (Å²) in [7, 11) is 0. The van der Waals surface area contributed by atoms with Gasteiger partial charge in [-0.3, -0.25) is 5.41 Å². The molecule has 2 aromatic rings. The van der Waals surface area contributed by atoms with Crippen LogP contribution in [0.25, 0.3) is 0 Å². The van der Waals surface area contributed by atoms with Gasteiger partial charge in [-0.05, 0) is 12.1 Å². The molecule has 0 aromatic heterocycles. The van der Waals surface area contributed by atoms with E-state index in [1.165, 1.54) is 18.2 Å². The highest BCUT2D eigenvalue weighted by Crippen LogP contribution is 2.27. The van der Waals surface area contributed by atoms with Crippen molar-refractivity contribution in [2.24, 2.45) is 5.73 Å². The number of nitrogens with one attached hydrogen (secondary N) is 1. The van der Waals surface area contributed by atoms with Crippen molar-refractivity contribution in [3.8, 4) is 11.5 Å². The zero-order chi connectivity index (χ0) is 14.0. The van der Waals surface area contributed by atoms with Gasteiger partial charge in [0.1, 0.15) is 29.0 Å². The van der Waals surface area contributed by atoms with Gasteiger partial charge in [0.2, 0.25) is 0 Å². The molecule has 2 rings (SSSR count). The number of nitrogens with two attached hydrogens (primary N) is 1. The van der Waals surface area contributed by atoms with Gasteiger partial charge < -0.3 is 10.5 Å². The van der Waals surface area contributed by atoms with Crippen LogP contribution in [0.3, 0.4) is 0 Å². The molecule has 2 aromatic carbocycles. The number of nitrogen functional groups attached to an aromatic ring is 1. The van der Waals surface area contributed by atoms with E-state index in [1.54, 1.807) is 0 Å². The number of rotatable bonds is 3. The van der Waals surface area contributed by atoms with E-state index in [9.17, 15) is 8.78 Å². The molecular formula is C13H9ClF2N2O. The summed E-state index contributed by atoms with van der Waals surface area (Å²) in [5, 5.41) is 7.50.